The third-order valence-electron chi connectivity index (χ3n) is 4.69. The van der Waals surface area contributed by atoms with E-state index in [0.29, 0.717) is 11.9 Å². The van der Waals surface area contributed by atoms with Gasteiger partial charge in [0.15, 0.2) is 0 Å². The van der Waals surface area contributed by atoms with Crippen molar-refractivity contribution in [3.05, 3.63) is 34.6 Å². The van der Waals surface area contributed by atoms with Gasteiger partial charge in [-0.15, -0.1) is 12.4 Å². The van der Waals surface area contributed by atoms with Crippen molar-refractivity contribution in [1.29, 1.82) is 0 Å². The molecule has 1 saturated carbocycles. The highest BCUT2D eigenvalue weighted by atomic mass is 79.9. The summed E-state index contributed by atoms with van der Waals surface area (Å²) in [6.07, 6.45) is 6.45. The van der Waals surface area contributed by atoms with E-state index in [1.54, 1.807) is 0 Å². The van der Waals surface area contributed by atoms with Gasteiger partial charge in [-0.25, -0.2) is 0 Å². The molecule has 0 spiro atoms. The molecule has 2 aliphatic rings. The summed E-state index contributed by atoms with van der Waals surface area (Å²) in [4.78, 5) is 4.60. The smallest absolute Gasteiger partial charge is 0.244 e. The number of benzene rings is 1. The van der Waals surface area contributed by atoms with Crippen LogP contribution >= 0.6 is 28.3 Å². The largest absolute Gasteiger partial charge is 0.337 e. The number of fused-ring (bicyclic) bond motifs is 1. The second-order valence-corrected chi connectivity index (χ2v) is 6.99. The average molecular weight is 385 g/mol. The van der Waals surface area contributed by atoms with Gasteiger partial charge in [-0.3, -0.25) is 0 Å². The number of hydrogen-bond acceptors (Lipinski definition) is 4. The van der Waals surface area contributed by atoms with Crippen LogP contribution in [0.2, 0.25) is 0 Å². The van der Waals surface area contributed by atoms with Crippen LogP contribution in [0.4, 0.5) is 0 Å². The van der Waals surface area contributed by atoms with Crippen molar-refractivity contribution in [3.8, 4) is 11.4 Å². The van der Waals surface area contributed by atoms with E-state index in [4.69, 9.17) is 4.52 Å². The fourth-order valence-corrected chi connectivity index (χ4v) is 4.03. The zero-order valence-corrected chi connectivity index (χ0v) is 14.6. The highest BCUT2D eigenvalue weighted by Crippen LogP contribution is 2.38. The molecule has 2 heterocycles. The molecule has 1 aliphatic carbocycles. The summed E-state index contributed by atoms with van der Waals surface area (Å²) in [6.45, 7) is 0. The van der Waals surface area contributed by atoms with Gasteiger partial charge in [-0.05, 0) is 37.3 Å². The van der Waals surface area contributed by atoms with Crippen LogP contribution in [0.5, 0.6) is 0 Å². The number of hydrogen-bond donors (Lipinski definition) is 1. The van der Waals surface area contributed by atoms with E-state index in [9.17, 15) is 0 Å². The molecule has 1 aromatic heterocycles. The van der Waals surface area contributed by atoms with Crippen molar-refractivity contribution in [1.82, 2.24) is 15.5 Å². The molecule has 4 nitrogen and oxygen atoms in total. The molecule has 3 unspecified atom stereocenters. The Morgan fingerprint density at radius 3 is 2.91 bits per heavy atom. The molecule has 1 saturated heterocycles. The zero-order valence-electron chi connectivity index (χ0n) is 12.2. The summed E-state index contributed by atoms with van der Waals surface area (Å²) in [5.41, 5.74) is 0.981. The lowest BCUT2D eigenvalue weighted by Gasteiger charge is -2.24. The van der Waals surface area contributed by atoms with E-state index < -0.39 is 0 Å². The van der Waals surface area contributed by atoms with Crippen LogP contribution in [0.25, 0.3) is 11.4 Å². The molecule has 0 bridgehead atoms. The minimum Gasteiger partial charge on any atom is -0.337 e. The van der Waals surface area contributed by atoms with Crippen LogP contribution in [0.3, 0.4) is 0 Å². The Morgan fingerprint density at radius 2 is 2.09 bits per heavy atom. The molecule has 1 aliphatic heterocycles. The SMILES string of the molecule is Brc1cccc(-c2noc(C3CC4CCCCC4N3)n2)c1.Cl. The molecule has 1 aromatic carbocycles. The standard InChI is InChI=1S/C16H18BrN3O.ClH/c17-12-6-3-5-11(8-12)15-19-16(21-20-15)14-9-10-4-1-2-7-13(10)18-14;/h3,5-6,8,10,13-14,18H,1-2,4,7,9H2;1H. The van der Waals surface area contributed by atoms with Crippen LogP contribution < -0.4 is 5.32 Å². The lowest BCUT2D eigenvalue weighted by molar-refractivity contribution is 0.324. The second-order valence-electron chi connectivity index (χ2n) is 6.07. The van der Waals surface area contributed by atoms with E-state index in [-0.39, 0.29) is 18.4 Å². The summed E-state index contributed by atoms with van der Waals surface area (Å²) in [7, 11) is 0. The van der Waals surface area contributed by atoms with E-state index in [0.717, 1.165) is 28.3 Å². The zero-order chi connectivity index (χ0) is 14.2. The van der Waals surface area contributed by atoms with Gasteiger partial charge in [-0.1, -0.05) is 46.1 Å². The molecule has 0 amide bonds. The first-order valence-electron chi connectivity index (χ1n) is 7.65. The summed E-state index contributed by atoms with van der Waals surface area (Å²) in [6, 6.07) is 8.86. The van der Waals surface area contributed by atoms with Crippen molar-refractivity contribution >= 4 is 28.3 Å². The van der Waals surface area contributed by atoms with Crippen LogP contribution in [0.1, 0.15) is 44.0 Å². The first-order chi connectivity index (χ1) is 10.3. The van der Waals surface area contributed by atoms with Crippen LogP contribution in [-0.4, -0.2) is 16.2 Å². The van der Waals surface area contributed by atoms with Crippen molar-refractivity contribution in [3.63, 3.8) is 0 Å². The van der Waals surface area contributed by atoms with Gasteiger partial charge in [0.2, 0.25) is 11.7 Å². The second kappa shape index (κ2) is 6.69. The highest BCUT2D eigenvalue weighted by molar-refractivity contribution is 9.10. The minimum atomic E-state index is 0. The van der Waals surface area contributed by atoms with Crippen molar-refractivity contribution < 1.29 is 4.52 Å². The third-order valence-corrected chi connectivity index (χ3v) is 5.18. The molecule has 2 aromatic rings. The van der Waals surface area contributed by atoms with E-state index in [2.05, 4.69) is 31.4 Å². The van der Waals surface area contributed by atoms with Gasteiger partial charge in [0.25, 0.3) is 0 Å². The van der Waals surface area contributed by atoms with Crippen molar-refractivity contribution in [2.24, 2.45) is 5.92 Å². The Kier molecular flexibility index (Phi) is 4.85. The molecule has 3 atom stereocenters. The molecule has 118 valence electrons. The monoisotopic (exact) mass is 383 g/mol. The lowest BCUT2D eigenvalue weighted by atomic mass is 9.85. The van der Waals surface area contributed by atoms with Gasteiger partial charge in [0.05, 0.1) is 6.04 Å². The number of nitrogens with one attached hydrogen (secondary N) is 1. The molecular formula is C16H19BrClN3O. The molecule has 1 N–H and O–H groups in total. The maximum absolute atomic E-state index is 5.51. The molecule has 22 heavy (non-hydrogen) atoms. The topological polar surface area (TPSA) is 51.0 Å². The van der Waals surface area contributed by atoms with Gasteiger partial charge >= 0.3 is 0 Å². The molecule has 2 fully saturated rings. The maximum Gasteiger partial charge on any atom is 0.244 e. The highest BCUT2D eigenvalue weighted by Gasteiger charge is 2.38. The average Bonchev–Trinajstić information content (AvgIpc) is 3.14. The molecule has 6 heteroatoms. The molecule has 0 radical (unpaired) electrons. The number of rotatable bonds is 2. The van der Waals surface area contributed by atoms with Crippen LogP contribution in [-0.2, 0) is 0 Å². The number of aromatic nitrogens is 2. The summed E-state index contributed by atoms with van der Waals surface area (Å²) in [5, 5.41) is 7.82. The van der Waals surface area contributed by atoms with Crippen molar-refractivity contribution in [2.75, 3.05) is 0 Å². The van der Waals surface area contributed by atoms with Gasteiger partial charge in [-0.2, -0.15) is 4.98 Å². The summed E-state index contributed by atoms with van der Waals surface area (Å²) >= 11 is 3.48. The lowest BCUT2D eigenvalue weighted by Crippen LogP contribution is -2.30. The van der Waals surface area contributed by atoms with Gasteiger partial charge < -0.3 is 9.84 Å². The Bertz CT molecular complexity index is 634. The minimum absolute atomic E-state index is 0. The van der Waals surface area contributed by atoms with Gasteiger partial charge in [0, 0.05) is 16.1 Å². The van der Waals surface area contributed by atoms with E-state index in [1.807, 2.05) is 24.3 Å². The summed E-state index contributed by atoms with van der Waals surface area (Å²) < 4.78 is 6.53. The Labute approximate surface area is 144 Å². The van der Waals surface area contributed by atoms with Crippen molar-refractivity contribution in [2.45, 2.75) is 44.2 Å². The quantitative estimate of drug-likeness (QED) is 0.827. The van der Waals surface area contributed by atoms with Crippen LogP contribution in [0, 0.1) is 5.92 Å². The predicted molar refractivity (Wildman–Crippen MR) is 90.9 cm³/mol. The normalized spacial score (nSPS) is 27.2. The maximum atomic E-state index is 5.51. The van der Waals surface area contributed by atoms with Crippen LogP contribution in [0.15, 0.2) is 33.3 Å². The number of nitrogens with zero attached hydrogens (tertiary/aromatic N) is 2. The van der Waals surface area contributed by atoms with E-state index >= 15 is 0 Å². The first-order valence-corrected chi connectivity index (χ1v) is 8.44. The Hall–Kier alpha value is -0.910. The predicted octanol–water partition coefficient (Wildman–Crippen LogP) is 4.51. The summed E-state index contributed by atoms with van der Waals surface area (Å²) in [5.74, 6) is 2.19. The fraction of sp³-hybridized carbons (Fsp3) is 0.500. The molecular weight excluding hydrogens is 366 g/mol. The third kappa shape index (κ3) is 3.07. The molecule has 4 rings (SSSR count). The fourth-order valence-electron chi connectivity index (χ4n) is 3.63. The van der Waals surface area contributed by atoms with Gasteiger partial charge in [0.1, 0.15) is 0 Å². The van der Waals surface area contributed by atoms with E-state index in [1.165, 1.54) is 25.7 Å². The number of halogens is 2. The first kappa shape index (κ1) is 16.0. The Balaban J connectivity index is 0.00000144. The Morgan fingerprint density at radius 1 is 1.23 bits per heavy atom.